The van der Waals surface area contributed by atoms with Crippen LogP contribution in [0.5, 0.6) is 11.5 Å². The second kappa shape index (κ2) is 9.03. The van der Waals surface area contributed by atoms with Crippen LogP contribution in [0.4, 0.5) is 0 Å². The monoisotopic (exact) mass is 380 g/mol. The lowest BCUT2D eigenvalue weighted by Gasteiger charge is -2.11. The third-order valence-electron chi connectivity index (χ3n) is 4.52. The Balaban J connectivity index is 1.56. The number of carbonyl (C=O) groups is 1. The minimum atomic E-state index is -0.0243. The van der Waals surface area contributed by atoms with Crippen molar-refractivity contribution < 1.29 is 14.3 Å². The molecule has 0 aliphatic heterocycles. The summed E-state index contributed by atoms with van der Waals surface area (Å²) in [5.74, 6) is 1.43. The largest absolute Gasteiger partial charge is 0.497 e. The number of ether oxygens (including phenoxy) is 2. The predicted molar refractivity (Wildman–Crippen MR) is 106 cm³/mol. The lowest BCUT2D eigenvalue weighted by Crippen LogP contribution is -2.23. The summed E-state index contributed by atoms with van der Waals surface area (Å²) < 4.78 is 12.4. The van der Waals surface area contributed by atoms with Crippen LogP contribution < -0.4 is 14.8 Å². The molecule has 3 aromatic rings. The van der Waals surface area contributed by atoms with Crippen LogP contribution in [0, 0.1) is 0 Å². The maximum atomic E-state index is 12.3. The predicted octanol–water partition coefficient (Wildman–Crippen LogP) is 2.75. The number of aromatic nitrogens is 3. The quantitative estimate of drug-likeness (QED) is 0.650. The van der Waals surface area contributed by atoms with Crippen LogP contribution >= 0.6 is 0 Å². The van der Waals surface area contributed by atoms with E-state index in [4.69, 9.17) is 9.47 Å². The summed E-state index contributed by atoms with van der Waals surface area (Å²) in [5, 5.41) is 7.13. The topological polar surface area (TPSA) is 78.3 Å². The van der Waals surface area contributed by atoms with E-state index in [0.717, 1.165) is 33.9 Å². The van der Waals surface area contributed by atoms with Gasteiger partial charge >= 0.3 is 0 Å². The van der Waals surface area contributed by atoms with Crippen LogP contribution in [0.25, 0.3) is 11.3 Å². The lowest BCUT2D eigenvalue weighted by atomic mass is 10.1. The van der Waals surface area contributed by atoms with Crippen LogP contribution in [-0.4, -0.2) is 34.9 Å². The summed E-state index contributed by atoms with van der Waals surface area (Å²) in [4.78, 5) is 16.5. The van der Waals surface area contributed by atoms with Crippen molar-refractivity contribution in [3.63, 3.8) is 0 Å². The van der Waals surface area contributed by atoms with E-state index in [1.54, 1.807) is 37.5 Å². The first-order valence-corrected chi connectivity index (χ1v) is 9.00. The number of rotatable bonds is 8. The SMILES string of the molecule is COc1ccc(CCC(=O)NCc2cncc(-c3ccnn3C)c2)c(OC)c1. The molecule has 1 N–H and O–H groups in total. The Morgan fingerprint density at radius 1 is 1.14 bits per heavy atom. The van der Waals surface area contributed by atoms with E-state index in [-0.39, 0.29) is 5.91 Å². The molecule has 28 heavy (non-hydrogen) atoms. The van der Waals surface area contributed by atoms with Gasteiger partial charge in [-0.25, -0.2) is 0 Å². The summed E-state index contributed by atoms with van der Waals surface area (Å²) in [6.45, 7) is 0.428. The van der Waals surface area contributed by atoms with Gasteiger partial charge in [0.05, 0.1) is 19.9 Å². The minimum Gasteiger partial charge on any atom is -0.497 e. The molecule has 0 fully saturated rings. The van der Waals surface area contributed by atoms with Crippen molar-refractivity contribution in [1.29, 1.82) is 0 Å². The lowest BCUT2D eigenvalue weighted by molar-refractivity contribution is -0.121. The first kappa shape index (κ1) is 19.4. The Labute approximate surface area is 164 Å². The van der Waals surface area contributed by atoms with Gasteiger partial charge < -0.3 is 14.8 Å². The van der Waals surface area contributed by atoms with E-state index in [2.05, 4.69) is 15.4 Å². The summed E-state index contributed by atoms with van der Waals surface area (Å²) in [5.41, 5.74) is 3.86. The van der Waals surface area contributed by atoms with E-state index >= 15 is 0 Å². The molecular formula is C21H24N4O3. The number of amides is 1. The summed E-state index contributed by atoms with van der Waals surface area (Å²) >= 11 is 0. The molecule has 2 aromatic heterocycles. The minimum absolute atomic E-state index is 0.0243. The van der Waals surface area contributed by atoms with Crippen molar-refractivity contribution in [2.75, 3.05) is 14.2 Å². The highest BCUT2D eigenvalue weighted by molar-refractivity contribution is 5.76. The summed E-state index contributed by atoms with van der Waals surface area (Å²) in [6, 6.07) is 9.55. The zero-order chi connectivity index (χ0) is 19.9. The van der Waals surface area contributed by atoms with E-state index in [0.29, 0.717) is 19.4 Å². The second-order valence-electron chi connectivity index (χ2n) is 6.38. The van der Waals surface area contributed by atoms with Gasteiger partial charge in [0.2, 0.25) is 5.91 Å². The van der Waals surface area contributed by atoms with E-state index in [1.807, 2.05) is 37.4 Å². The fraction of sp³-hybridized carbons (Fsp3) is 0.286. The van der Waals surface area contributed by atoms with Crippen LogP contribution in [0.2, 0.25) is 0 Å². The molecule has 146 valence electrons. The Kier molecular flexibility index (Phi) is 6.26. The number of nitrogens with zero attached hydrogens (tertiary/aromatic N) is 3. The molecule has 0 saturated heterocycles. The molecule has 0 radical (unpaired) electrons. The maximum absolute atomic E-state index is 12.3. The molecule has 0 atom stereocenters. The molecule has 0 spiro atoms. The second-order valence-corrected chi connectivity index (χ2v) is 6.38. The Hall–Kier alpha value is -3.35. The molecule has 1 aromatic carbocycles. The number of methoxy groups -OCH3 is 2. The van der Waals surface area contributed by atoms with Gasteiger partial charge in [-0.15, -0.1) is 0 Å². The number of hydrogen-bond acceptors (Lipinski definition) is 5. The number of aryl methyl sites for hydroxylation is 2. The van der Waals surface area contributed by atoms with Crippen molar-refractivity contribution in [2.45, 2.75) is 19.4 Å². The molecule has 7 heteroatoms. The number of benzene rings is 1. The van der Waals surface area contributed by atoms with E-state index in [1.165, 1.54) is 0 Å². The van der Waals surface area contributed by atoms with Crippen LogP contribution in [-0.2, 0) is 24.8 Å². The Bertz CT molecular complexity index is 952. The third kappa shape index (κ3) is 4.68. The zero-order valence-electron chi connectivity index (χ0n) is 16.3. The van der Waals surface area contributed by atoms with Crippen molar-refractivity contribution in [3.8, 4) is 22.8 Å². The maximum Gasteiger partial charge on any atom is 0.220 e. The summed E-state index contributed by atoms with van der Waals surface area (Å²) in [6.07, 6.45) is 6.26. The fourth-order valence-electron chi connectivity index (χ4n) is 2.98. The molecule has 3 rings (SSSR count). The van der Waals surface area contributed by atoms with Gasteiger partial charge in [0, 0.05) is 50.2 Å². The van der Waals surface area contributed by atoms with Gasteiger partial charge in [-0.2, -0.15) is 5.10 Å². The molecule has 0 bridgehead atoms. The highest BCUT2D eigenvalue weighted by atomic mass is 16.5. The molecule has 0 saturated carbocycles. The van der Waals surface area contributed by atoms with Gasteiger partial charge in [-0.3, -0.25) is 14.5 Å². The van der Waals surface area contributed by atoms with Gasteiger partial charge in [-0.1, -0.05) is 6.07 Å². The van der Waals surface area contributed by atoms with Gasteiger partial charge in [0.1, 0.15) is 11.5 Å². The number of hydrogen-bond donors (Lipinski definition) is 1. The molecular weight excluding hydrogens is 356 g/mol. The highest BCUT2D eigenvalue weighted by Gasteiger charge is 2.09. The summed E-state index contributed by atoms with van der Waals surface area (Å²) in [7, 11) is 5.11. The van der Waals surface area contributed by atoms with E-state index < -0.39 is 0 Å². The van der Waals surface area contributed by atoms with Crippen molar-refractivity contribution in [1.82, 2.24) is 20.1 Å². The molecule has 1 amide bonds. The molecule has 0 aliphatic carbocycles. The Morgan fingerprint density at radius 2 is 2.00 bits per heavy atom. The number of carbonyl (C=O) groups excluding carboxylic acids is 1. The first-order chi connectivity index (χ1) is 13.6. The normalized spacial score (nSPS) is 10.5. The van der Waals surface area contributed by atoms with Crippen LogP contribution in [0.3, 0.4) is 0 Å². The van der Waals surface area contributed by atoms with Gasteiger partial charge in [0.25, 0.3) is 0 Å². The standard InChI is InChI=1S/C21H24N4O3/c1-25-19(8-9-24-25)17-10-15(12-22-14-17)13-23-21(26)7-5-16-4-6-18(27-2)11-20(16)28-3/h4,6,8-12,14H,5,7,13H2,1-3H3,(H,23,26). The average Bonchev–Trinajstić information content (AvgIpc) is 3.16. The Morgan fingerprint density at radius 3 is 2.71 bits per heavy atom. The molecule has 2 heterocycles. The van der Waals surface area contributed by atoms with Crippen LogP contribution in [0.15, 0.2) is 48.9 Å². The average molecular weight is 380 g/mol. The van der Waals surface area contributed by atoms with Crippen molar-refractivity contribution in [2.24, 2.45) is 7.05 Å². The van der Waals surface area contributed by atoms with Crippen molar-refractivity contribution >= 4 is 5.91 Å². The number of nitrogens with one attached hydrogen (secondary N) is 1. The van der Waals surface area contributed by atoms with Crippen LogP contribution in [0.1, 0.15) is 17.5 Å². The third-order valence-corrected chi connectivity index (χ3v) is 4.52. The molecule has 0 unspecified atom stereocenters. The van der Waals surface area contributed by atoms with E-state index in [9.17, 15) is 4.79 Å². The zero-order valence-corrected chi connectivity index (χ0v) is 16.3. The molecule has 0 aliphatic rings. The fourth-order valence-corrected chi connectivity index (χ4v) is 2.98. The highest BCUT2D eigenvalue weighted by Crippen LogP contribution is 2.25. The smallest absolute Gasteiger partial charge is 0.220 e. The van der Waals surface area contributed by atoms with Gasteiger partial charge in [-0.05, 0) is 35.7 Å². The molecule has 7 nitrogen and oxygen atoms in total. The van der Waals surface area contributed by atoms with Gasteiger partial charge in [0.15, 0.2) is 0 Å². The first-order valence-electron chi connectivity index (χ1n) is 9.00. The number of pyridine rings is 1. The van der Waals surface area contributed by atoms with Crippen molar-refractivity contribution in [3.05, 3.63) is 60.0 Å².